The maximum atomic E-state index is 11.9. The van der Waals surface area contributed by atoms with Crippen LogP contribution in [-0.2, 0) is 6.42 Å². The standard InChI is InChI=1S/C15H23F3N2/c16-15(17,18)10-7-5-3-1-2-4-6-8-13-9-11-20-14(19)12-13/h9,11-12H,1-8,10H2,(H2,19,20). The molecule has 0 amide bonds. The van der Waals surface area contributed by atoms with Crippen molar-refractivity contribution < 1.29 is 13.2 Å². The molecule has 0 spiro atoms. The van der Waals surface area contributed by atoms with Gasteiger partial charge in [-0.15, -0.1) is 0 Å². The Morgan fingerprint density at radius 3 is 2.15 bits per heavy atom. The summed E-state index contributed by atoms with van der Waals surface area (Å²) in [6, 6.07) is 3.85. The van der Waals surface area contributed by atoms with Crippen LogP contribution in [0.3, 0.4) is 0 Å². The molecule has 0 aromatic carbocycles. The van der Waals surface area contributed by atoms with E-state index in [1.165, 1.54) is 5.56 Å². The van der Waals surface area contributed by atoms with Crippen molar-refractivity contribution in [3.63, 3.8) is 0 Å². The maximum absolute atomic E-state index is 11.9. The summed E-state index contributed by atoms with van der Waals surface area (Å²) in [5, 5.41) is 0. The fourth-order valence-corrected chi connectivity index (χ4v) is 2.19. The molecule has 0 fully saturated rings. The molecule has 0 saturated heterocycles. The van der Waals surface area contributed by atoms with Gasteiger partial charge in [0.1, 0.15) is 5.82 Å². The summed E-state index contributed by atoms with van der Waals surface area (Å²) in [5.74, 6) is 0.548. The number of nitrogen functional groups attached to an aromatic ring is 1. The molecule has 0 radical (unpaired) electrons. The van der Waals surface area contributed by atoms with Crippen LogP contribution >= 0.6 is 0 Å². The molecule has 1 rings (SSSR count). The fourth-order valence-electron chi connectivity index (χ4n) is 2.19. The van der Waals surface area contributed by atoms with E-state index in [0.29, 0.717) is 12.2 Å². The molecule has 1 heterocycles. The number of nitrogens with two attached hydrogens (primary N) is 1. The van der Waals surface area contributed by atoms with Gasteiger partial charge in [-0.1, -0.05) is 32.1 Å². The predicted molar refractivity (Wildman–Crippen MR) is 75.3 cm³/mol. The lowest BCUT2D eigenvalue weighted by Crippen LogP contribution is -2.06. The van der Waals surface area contributed by atoms with Crippen molar-refractivity contribution in [1.29, 1.82) is 0 Å². The fraction of sp³-hybridized carbons (Fsp3) is 0.667. The number of rotatable bonds is 9. The topological polar surface area (TPSA) is 38.9 Å². The minimum atomic E-state index is -3.99. The van der Waals surface area contributed by atoms with E-state index in [1.807, 2.05) is 12.1 Å². The Bertz CT molecular complexity index is 378. The molecule has 0 atom stereocenters. The van der Waals surface area contributed by atoms with Gasteiger partial charge in [-0.25, -0.2) is 4.98 Å². The van der Waals surface area contributed by atoms with E-state index in [9.17, 15) is 13.2 Å². The van der Waals surface area contributed by atoms with Crippen LogP contribution in [0.5, 0.6) is 0 Å². The van der Waals surface area contributed by atoms with Gasteiger partial charge in [-0.3, -0.25) is 0 Å². The largest absolute Gasteiger partial charge is 0.389 e. The number of halogens is 3. The molecule has 0 saturated carbocycles. The normalized spacial score (nSPS) is 11.8. The van der Waals surface area contributed by atoms with Gasteiger partial charge < -0.3 is 5.73 Å². The number of hydrogen-bond donors (Lipinski definition) is 1. The summed E-state index contributed by atoms with van der Waals surface area (Å²) in [5.41, 5.74) is 6.79. The molecule has 0 aliphatic carbocycles. The molecule has 1 aromatic heterocycles. The number of alkyl halides is 3. The lowest BCUT2D eigenvalue weighted by Gasteiger charge is -2.05. The highest BCUT2D eigenvalue weighted by molar-refractivity contribution is 5.31. The van der Waals surface area contributed by atoms with Gasteiger partial charge in [0.15, 0.2) is 0 Å². The quantitative estimate of drug-likeness (QED) is 0.657. The van der Waals surface area contributed by atoms with E-state index >= 15 is 0 Å². The molecule has 20 heavy (non-hydrogen) atoms. The van der Waals surface area contributed by atoms with Crippen LogP contribution in [0.2, 0.25) is 0 Å². The van der Waals surface area contributed by atoms with Crippen LogP contribution in [0.15, 0.2) is 18.3 Å². The molecule has 1 aromatic rings. The lowest BCUT2D eigenvalue weighted by atomic mass is 10.0. The summed E-state index contributed by atoms with van der Waals surface area (Å²) >= 11 is 0. The van der Waals surface area contributed by atoms with E-state index in [4.69, 9.17) is 5.73 Å². The van der Waals surface area contributed by atoms with E-state index < -0.39 is 12.6 Å². The maximum Gasteiger partial charge on any atom is 0.389 e. The van der Waals surface area contributed by atoms with Gasteiger partial charge in [0.25, 0.3) is 0 Å². The average molecular weight is 288 g/mol. The van der Waals surface area contributed by atoms with Crippen LogP contribution in [-0.4, -0.2) is 11.2 Å². The predicted octanol–water partition coefficient (Wildman–Crippen LogP) is 4.89. The van der Waals surface area contributed by atoms with Crippen LogP contribution < -0.4 is 5.73 Å². The third-order valence-electron chi connectivity index (χ3n) is 3.27. The van der Waals surface area contributed by atoms with Crippen molar-refractivity contribution in [3.05, 3.63) is 23.9 Å². The smallest absolute Gasteiger partial charge is 0.384 e. The Kier molecular flexibility index (Phi) is 7.41. The minimum Gasteiger partial charge on any atom is -0.384 e. The molecule has 114 valence electrons. The van der Waals surface area contributed by atoms with E-state index in [0.717, 1.165) is 38.5 Å². The Morgan fingerprint density at radius 1 is 0.950 bits per heavy atom. The van der Waals surface area contributed by atoms with Crippen molar-refractivity contribution in [3.8, 4) is 0 Å². The Labute approximate surface area is 118 Å². The first-order valence-electron chi connectivity index (χ1n) is 7.24. The van der Waals surface area contributed by atoms with Gasteiger partial charge in [0, 0.05) is 12.6 Å². The first kappa shape index (κ1) is 16.8. The number of anilines is 1. The molecular weight excluding hydrogens is 265 g/mol. The molecule has 0 aliphatic rings. The van der Waals surface area contributed by atoms with Crippen LogP contribution in [0.1, 0.15) is 56.9 Å². The zero-order valence-electron chi connectivity index (χ0n) is 11.8. The molecule has 0 aliphatic heterocycles. The number of hydrogen-bond acceptors (Lipinski definition) is 2. The van der Waals surface area contributed by atoms with Crippen molar-refractivity contribution >= 4 is 5.82 Å². The second kappa shape index (κ2) is 8.82. The van der Waals surface area contributed by atoms with E-state index in [-0.39, 0.29) is 6.42 Å². The summed E-state index contributed by atoms with van der Waals surface area (Å²) in [6.07, 6.45) is 4.23. The number of nitrogens with zero attached hydrogens (tertiary/aromatic N) is 1. The zero-order valence-corrected chi connectivity index (χ0v) is 11.8. The first-order valence-corrected chi connectivity index (χ1v) is 7.24. The van der Waals surface area contributed by atoms with Gasteiger partial charge in [0.05, 0.1) is 0 Å². The lowest BCUT2D eigenvalue weighted by molar-refractivity contribution is -0.135. The van der Waals surface area contributed by atoms with Gasteiger partial charge in [0.2, 0.25) is 0 Å². The van der Waals surface area contributed by atoms with Crippen LogP contribution in [0.4, 0.5) is 19.0 Å². The van der Waals surface area contributed by atoms with E-state index in [2.05, 4.69) is 4.98 Å². The molecule has 5 heteroatoms. The van der Waals surface area contributed by atoms with Crippen LogP contribution in [0, 0.1) is 0 Å². The molecule has 2 nitrogen and oxygen atoms in total. The van der Waals surface area contributed by atoms with Gasteiger partial charge >= 0.3 is 6.18 Å². The van der Waals surface area contributed by atoms with Crippen molar-refractivity contribution in [2.75, 3.05) is 5.73 Å². The summed E-state index contributed by atoms with van der Waals surface area (Å²) in [6.45, 7) is 0. The second-order valence-electron chi connectivity index (χ2n) is 5.18. The highest BCUT2D eigenvalue weighted by Gasteiger charge is 2.25. The monoisotopic (exact) mass is 288 g/mol. The Hall–Kier alpha value is -1.26. The van der Waals surface area contributed by atoms with Crippen LogP contribution in [0.25, 0.3) is 0 Å². The number of aryl methyl sites for hydroxylation is 1. The van der Waals surface area contributed by atoms with E-state index in [1.54, 1.807) is 6.20 Å². The van der Waals surface area contributed by atoms with Crippen molar-refractivity contribution in [1.82, 2.24) is 4.98 Å². The third kappa shape index (κ3) is 8.77. The first-order chi connectivity index (χ1) is 9.47. The molecule has 0 bridgehead atoms. The Balaban J connectivity index is 1.93. The SMILES string of the molecule is Nc1cc(CCCCCCCCCC(F)(F)F)ccn1. The molecular formula is C15H23F3N2. The van der Waals surface area contributed by atoms with Gasteiger partial charge in [-0.2, -0.15) is 13.2 Å². The number of unbranched alkanes of at least 4 members (excludes halogenated alkanes) is 6. The van der Waals surface area contributed by atoms with Crippen molar-refractivity contribution in [2.24, 2.45) is 0 Å². The third-order valence-corrected chi connectivity index (χ3v) is 3.27. The van der Waals surface area contributed by atoms with Crippen molar-refractivity contribution in [2.45, 2.75) is 64.0 Å². The zero-order chi connectivity index (χ0) is 14.8. The summed E-state index contributed by atoms with van der Waals surface area (Å²) < 4.78 is 35.7. The highest BCUT2D eigenvalue weighted by atomic mass is 19.4. The number of aromatic nitrogens is 1. The molecule has 2 N–H and O–H groups in total. The highest BCUT2D eigenvalue weighted by Crippen LogP contribution is 2.23. The summed E-state index contributed by atoms with van der Waals surface area (Å²) in [7, 11) is 0. The second-order valence-corrected chi connectivity index (χ2v) is 5.18. The van der Waals surface area contributed by atoms with Gasteiger partial charge in [-0.05, 0) is 37.0 Å². The molecule has 0 unspecified atom stereocenters. The number of pyridine rings is 1. The minimum absolute atomic E-state index is 0.264. The summed E-state index contributed by atoms with van der Waals surface area (Å²) in [4.78, 5) is 3.94. The Morgan fingerprint density at radius 2 is 1.55 bits per heavy atom. The average Bonchev–Trinajstić information content (AvgIpc) is 2.35.